The summed E-state index contributed by atoms with van der Waals surface area (Å²) in [6, 6.07) is 0.587. The van der Waals surface area contributed by atoms with Crippen LogP contribution in [0.15, 0.2) is 0 Å². The Labute approximate surface area is 102 Å². The van der Waals surface area contributed by atoms with Crippen molar-refractivity contribution < 1.29 is 9.90 Å². The van der Waals surface area contributed by atoms with Crippen molar-refractivity contribution in [2.24, 2.45) is 5.92 Å². The molecule has 2 aliphatic rings. The Morgan fingerprint density at radius 1 is 1.33 bits per heavy atom. The van der Waals surface area contributed by atoms with E-state index in [-0.39, 0.29) is 30.7 Å². The highest BCUT2D eigenvalue weighted by Gasteiger charge is 2.32. The van der Waals surface area contributed by atoms with Crippen LogP contribution in [0.2, 0.25) is 0 Å². The van der Waals surface area contributed by atoms with Crippen LogP contribution in [0, 0.1) is 5.92 Å². The van der Waals surface area contributed by atoms with E-state index >= 15 is 0 Å². The zero-order valence-corrected chi connectivity index (χ0v) is 10.1. The molecule has 0 saturated carbocycles. The molecule has 2 atom stereocenters. The molecule has 15 heavy (non-hydrogen) atoms. The van der Waals surface area contributed by atoms with Gasteiger partial charge in [0.1, 0.15) is 0 Å². The van der Waals surface area contributed by atoms with Crippen molar-refractivity contribution in [1.29, 1.82) is 0 Å². The van der Waals surface area contributed by atoms with Gasteiger partial charge in [0.15, 0.2) is 0 Å². The van der Waals surface area contributed by atoms with Gasteiger partial charge in [0, 0.05) is 32.2 Å². The van der Waals surface area contributed by atoms with Crippen LogP contribution in [0.25, 0.3) is 0 Å². The van der Waals surface area contributed by atoms with Crippen LogP contribution in [-0.4, -0.2) is 48.2 Å². The van der Waals surface area contributed by atoms with Gasteiger partial charge in [0.2, 0.25) is 0 Å². The van der Waals surface area contributed by atoms with Crippen molar-refractivity contribution in [3.05, 3.63) is 0 Å². The van der Waals surface area contributed by atoms with Gasteiger partial charge in [-0.15, -0.1) is 24.8 Å². The molecule has 6 heteroatoms. The third kappa shape index (κ3) is 3.48. The molecule has 0 aromatic carbocycles. The summed E-state index contributed by atoms with van der Waals surface area (Å²) in [4.78, 5) is 13.1. The molecule has 0 unspecified atom stereocenters. The lowest BCUT2D eigenvalue weighted by Gasteiger charge is -2.41. The number of rotatable bonds is 1. The van der Waals surface area contributed by atoms with Crippen molar-refractivity contribution in [2.75, 3.05) is 26.2 Å². The number of piperazine rings is 1. The average molecular weight is 257 g/mol. The summed E-state index contributed by atoms with van der Waals surface area (Å²) < 4.78 is 0. The van der Waals surface area contributed by atoms with Gasteiger partial charge in [-0.2, -0.15) is 0 Å². The quantitative estimate of drug-likeness (QED) is 0.722. The Morgan fingerprint density at radius 3 is 2.73 bits per heavy atom. The minimum Gasteiger partial charge on any atom is -0.481 e. The zero-order chi connectivity index (χ0) is 9.26. The van der Waals surface area contributed by atoms with Gasteiger partial charge < -0.3 is 10.4 Å². The number of carbonyl (C=O) groups is 1. The molecule has 2 rings (SSSR count). The van der Waals surface area contributed by atoms with Gasteiger partial charge in [0.25, 0.3) is 0 Å². The lowest BCUT2D eigenvalue weighted by Crippen LogP contribution is -2.55. The van der Waals surface area contributed by atoms with Gasteiger partial charge in [-0.25, -0.2) is 0 Å². The Bertz CT molecular complexity index is 216. The van der Waals surface area contributed by atoms with Crippen LogP contribution in [0.4, 0.5) is 0 Å². The van der Waals surface area contributed by atoms with Crippen LogP contribution < -0.4 is 5.32 Å². The minimum atomic E-state index is -0.628. The van der Waals surface area contributed by atoms with E-state index in [4.69, 9.17) is 5.11 Å². The van der Waals surface area contributed by atoms with Crippen LogP contribution in [-0.2, 0) is 4.79 Å². The second-order valence-corrected chi connectivity index (χ2v) is 3.97. The highest BCUT2D eigenvalue weighted by Crippen LogP contribution is 2.22. The number of halogens is 2. The number of nitrogens with zero attached hydrogens (tertiary/aromatic N) is 1. The molecule has 0 bridgehead atoms. The maximum Gasteiger partial charge on any atom is 0.307 e. The Hall–Kier alpha value is -0.0300. The summed E-state index contributed by atoms with van der Waals surface area (Å²) in [6.45, 7) is 3.80. The van der Waals surface area contributed by atoms with Crippen molar-refractivity contribution >= 4 is 30.8 Å². The Morgan fingerprint density at radius 2 is 2.07 bits per heavy atom. The predicted molar refractivity (Wildman–Crippen MR) is 63.1 cm³/mol. The first-order valence-corrected chi connectivity index (χ1v) is 4.95. The summed E-state index contributed by atoms with van der Waals surface area (Å²) >= 11 is 0. The molecule has 0 aliphatic carbocycles. The Kier molecular flexibility index (Phi) is 6.52. The molecule has 90 valence electrons. The van der Waals surface area contributed by atoms with E-state index in [1.165, 1.54) is 0 Å². The fraction of sp³-hybridized carbons (Fsp3) is 0.889. The van der Waals surface area contributed by atoms with Gasteiger partial charge in [-0.3, -0.25) is 9.69 Å². The maximum atomic E-state index is 10.8. The van der Waals surface area contributed by atoms with E-state index in [1.807, 2.05) is 0 Å². The number of aliphatic carboxylic acids is 1. The molecule has 0 amide bonds. The molecular formula is C9H18Cl2N2O2. The van der Waals surface area contributed by atoms with Crippen molar-refractivity contribution in [3.8, 4) is 0 Å². The van der Waals surface area contributed by atoms with E-state index in [0.717, 1.165) is 39.0 Å². The number of hydrogen-bond acceptors (Lipinski definition) is 3. The molecule has 2 heterocycles. The number of carboxylic acid groups (broad SMARTS) is 1. The molecule has 2 saturated heterocycles. The van der Waals surface area contributed by atoms with Crippen LogP contribution in [0.5, 0.6) is 0 Å². The summed E-state index contributed by atoms with van der Waals surface area (Å²) in [5.74, 6) is -0.758. The maximum absolute atomic E-state index is 10.8. The average Bonchev–Trinajstić information content (AvgIpc) is 2.17. The van der Waals surface area contributed by atoms with Gasteiger partial charge in [0.05, 0.1) is 5.92 Å². The third-order valence-electron chi connectivity index (χ3n) is 3.12. The summed E-state index contributed by atoms with van der Waals surface area (Å²) in [5.41, 5.74) is 0. The zero-order valence-electron chi connectivity index (χ0n) is 8.52. The van der Waals surface area contributed by atoms with Gasteiger partial charge in [-0.05, 0) is 12.8 Å². The molecule has 0 spiro atoms. The van der Waals surface area contributed by atoms with Crippen molar-refractivity contribution in [2.45, 2.75) is 18.9 Å². The summed E-state index contributed by atoms with van der Waals surface area (Å²) in [5, 5.41) is 12.2. The van der Waals surface area contributed by atoms with E-state index in [9.17, 15) is 4.79 Å². The summed E-state index contributed by atoms with van der Waals surface area (Å²) in [6.07, 6.45) is 1.88. The third-order valence-corrected chi connectivity index (χ3v) is 3.12. The first-order valence-electron chi connectivity index (χ1n) is 4.95. The lowest BCUT2D eigenvalue weighted by molar-refractivity contribution is -0.144. The predicted octanol–water partition coefficient (Wildman–Crippen LogP) is 0.598. The van der Waals surface area contributed by atoms with Crippen LogP contribution >= 0.6 is 24.8 Å². The van der Waals surface area contributed by atoms with Crippen LogP contribution in [0.1, 0.15) is 12.8 Å². The molecular weight excluding hydrogens is 239 g/mol. The van der Waals surface area contributed by atoms with Gasteiger partial charge in [-0.1, -0.05) is 0 Å². The number of hydrogen-bond donors (Lipinski definition) is 2. The second-order valence-electron chi connectivity index (χ2n) is 3.97. The number of carboxylic acids is 1. The second kappa shape index (κ2) is 6.53. The number of fused-ring (bicyclic) bond motifs is 1. The molecule has 4 nitrogen and oxygen atoms in total. The molecule has 0 aromatic rings. The molecule has 2 fully saturated rings. The van der Waals surface area contributed by atoms with Crippen LogP contribution in [0.3, 0.4) is 0 Å². The largest absolute Gasteiger partial charge is 0.481 e. The van der Waals surface area contributed by atoms with E-state index < -0.39 is 5.97 Å². The first kappa shape index (κ1) is 15.0. The van der Waals surface area contributed by atoms with E-state index in [1.54, 1.807) is 0 Å². The molecule has 2 N–H and O–H groups in total. The SMILES string of the molecule is Cl.Cl.O=C(O)[C@H]1CC[C@H]2CNCCN2C1. The molecule has 2 aliphatic heterocycles. The normalized spacial score (nSPS) is 30.7. The number of piperidine rings is 1. The fourth-order valence-corrected chi connectivity index (χ4v) is 2.30. The summed E-state index contributed by atoms with van der Waals surface area (Å²) in [7, 11) is 0. The highest BCUT2D eigenvalue weighted by atomic mass is 35.5. The molecule has 0 aromatic heterocycles. The smallest absolute Gasteiger partial charge is 0.307 e. The van der Waals surface area contributed by atoms with Crippen molar-refractivity contribution in [3.63, 3.8) is 0 Å². The van der Waals surface area contributed by atoms with E-state index in [2.05, 4.69) is 10.2 Å². The number of nitrogens with one attached hydrogen (secondary N) is 1. The standard InChI is InChI=1S/C9H16N2O2.2ClH/c12-9(13)7-1-2-8-5-10-3-4-11(8)6-7;;/h7-8,10H,1-6H2,(H,12,13);2*1H/t7-,8-;;/m0../s1. The van der Waals surface area contributed by atoms with Crippen molar-refractivity contribution in [1.82, 2.24) is 10.2 Å². The topological polar surface area (TPSA) is 52.6 Å². The van der Waals surface area contributed by atoms with E-state index in [0.29, 0.717) is 6.04 Å². The first-order chi connectivity index (χ1) is 6.27. The minimum absolute atomic E-state index is 0. The highest BCUT2D eigenvalue weighted by molar-refractivity contribution is 5.85. The fourth-order valence-electron chi connectivity index (χ4n) is 2.30. The molecule has 0 radical (unpaired) electrons. The Balaban J connectivity index is 0.000000980. The monoisotopic (exact) mass is 256 g/mol. The lowest BCUT2D eigenvalue weighted by atomic mass is 9.92. The van der Waals surface area contributed by atoms with Gasteiger partial charge >= 0.3 is 5.97 Å².